The largest absolute Gasteiger partial charge is 0.484 e. The first-order valence-electron chi connectivity index (χ1n) is 6.82. The molecular formula is C16H15N3O4. The summed E-state index contributed by atoms with van der Waals surface area (Å²) in [6.45, 7) is 1.55. The Kier molecular flexibility index (Phi) is 5.40. The molecule has 0 saturated carbocycles. The standard InChI is InChI=1S/C16H15N3O4/c1-12(13-5-3-2-4-6-13)17-18-16(20)11-23-15-9-7-14(8-10-15)19(21)22/h2-10H,11H2,1H3,(H,18,20). The van der Waals surface area contributed by atoms with Crippen LogP contribution >= 0.6 is 0 Å². The maximum atomic E-state index is 11.7. The lowest BCUT2D eigenvalue weighted by molar-refractivity contribution is -0.384. The predicted octanol–water partition coefficient (Wildman–Crippen LogP) is 2.51. The summed E-state index contributed by atoms with van der Waals surface area (Å²) in [6, 6.07) is 14.9. The van der Waals surface area contributed by atoms with Crippen molar-refractivity contribution in [3.63, 3.8) is 0 Å². The highest BCUT2D eigenvalue weighted by Gasteiger charge is 2.06. The highest BCUT2D eigenvalue weighted by molar-refractivity contribution is 5.99. The van der Waals surface area contributed by atoms with Crippen LogP contribution in [0.3, 0.4) is 0 Å². The fourth-order valence-electron chi connectivity index (χ4n) is 1.74. The minimum absolute atomic E-state index is 0.0371. The molecule has 2 aromatic rings. The molecule has 1 N–H and O–H groups in total. The minimum Gasteiger partial charge on any atom is -0.484 e. The number of nitrogens with one attached hydrogen (secondary N) is 1. The van der Waals surface area contributed by atoms with Gasteiger partial charge in [0.15, 0.2) is 6.61 Å². The van der Waals surface area contributed by atoms with Crippen LogP contribution < -0.4 is 10.2 Å². The maximum Gasteiger partial charge on any atom is 0.277 e. The number of carbonyl (C=O) groups is 1. The quantitative estimate of drug-likeness (QED) is 0.503. The number of rotatable bonds is 6. The second kappa shape index (κ2) is 7.69. The van der Waals surface area contributed by atoms with E-state index in [0.717, 1.165) is 5.56 Å². The first-order valence-corrected chi connectivity index (χ1v) is 6.82. The number of non-ortho nitro benzene ring substituents is 1. The summed E-state index contributed by atoms with van der Waals surface area (Å²) in [7, 11) is 0. The fraction of sp³-hybridized carbons (Fsp3) is 0.125. The van der Waals surface area contributed by atoms with Crippen molar-refractivity contribution in [3.8, 4) is 5.75 Å². The Morgan fingerprint density at radius 1 is 1.17 bits per heavy atom. The summed E-state index contributed by atoms with van der Waals surface area (Å²) in [5, 5.41) is 14.5. The van der Waals surface area contributed by atoms with E-state index in [0.29, 0.717) is 11.5 Å². The molecule has 0 aliphatic heterocycles. The molecular weight excluding hydrogens is 298 g/mol. The Bertz CT molecular complexity index is 712. The number of carbonyl (C=O) groups excluding carboxylic acids is 1. The van der Waals surface area contributed by atoms with Crippen molar-refractivity contribution in [1.29, 1.82) is 0 Å². The van der Waals surface area contributed by atoms with Crippen molar-refractivity contribution < 1.29 is 14.5 Å². The molecule has 0 aliphatic carbocycles. The molecule has 2 aromatic carbocycles. The fourth-order valence-corrected chi connectivity index (χ4v) is 1.74. The number of amides is 1. The molecule has 0 bridgehead atoms. The Morgan fingerprint density at radius 3 is 2.43 bits per heavy atom. The number of benzene rings is 2. The Hall–Kier alpha value is -3.22. The van der Waals surface area contributed by atoms with Crippen molar-refractivity contribution >= 4 is 17.3 Å². The number of nitro groups is 1. The van der Waals surface area contributed by atoms with Gasteiger partial charge >= 0.3 is 0 Å². The molecule has 0 saturated heterocycles. The van der Waals surface area contributed by atoms with Gasteiger partial charge in [-0.05, 0) is 24.6 Å². The number of ether oxygens (including phenoxy) is 1. The Labute approximate surface area is 132 Å². The third kappa shape index (κ3) is 4.92. The Balaban J connectivity index is 1.84. The normalized spacial score (nSPS) is 10.9. The van der Waals surface area contributed by atoms with E-state index in [2.05, 4.69) is 10.5 Å². The van der Waals surface area contributed by atoms with Crippen molar-refractivity contribution in [2.45, 2.75) is 6.92 Å². The topological polar surface area (TPSA) is 93.8 Å². The van der Waals surface area contributed by atoms with Crippen molar-refractivity contribution in [2.75, 3.05) is 6.61 Å². The average molecular weight is 313 g/mol. The molecule has 7 nitrogen and oxygen atoms in total. The monoisotopic (exact) mass is 313 g/mol. The van der Waals surface area contributed by atoms with Gasteiger partial charge in [0, 0.05) is 12.1 Å². The number of hydrogen-bond acceptors (Lipinski definition) is 5. The van der Waals surface area contributed by atoms with E-state index < -0.39 is 10.8 Å². The average Bonchev–Trinajstić information content (AvgIpc) is 2.59. The minimum atomic E-state index is -0.502. The number of hydrazone groups is 1. The lowest BCUT2D eigenvalue weighted by atomic mass is 10.1. The summed E-state index contributed by atoms with van der Waals surface area (Å²) in [5.41, 5.74) is 3.94. The summed E-state index contributed by atoms with van der Waals surface area (Å²) in [6.07, 6.45) is 0. The summed E-state index contributed by atoms with van der Waals surface area (Å²) in [5.74, 6) is -0.0480. The van der Waals surface area contributed by atoms with Gasteiger partial charge in [-0.1, -0.05) is 30.3 Å². The lowest BCUT2D eigenvalue weighted by Crippen LogP contribution is -2.25. The van der Waals surface area contributed by atoms with Crippen LogP contribution in [0.4, 0.5) is 5.69 Å². The molecule has 0 aromatic heterocycles. The van der Waals surface area contributed by atoms with Gasteiger partial charge in [-0.15, -0.1) is 0 Å². The first kappa shape index (κ1) is 16.2. The molecule has 0 heterocycles. The molecule has 0 aliphatic rings. The SMILES string of the molecule is CC(=NNC(=O)COc1ccc([N+](=O)[O-])cc1)c1ccccc1. The van der Waals surface area contributed by atoms with Gasteiger partial charge < -0.3 is 4.74 Å². The van der Waals surface area contributed by atoms with Gasteiger partial charge in [0.2, 0.25) is 0 Å². The van der Waals surface area contributed by atoms with E-state index >= 15 is 0 Å². The molecule has 0 unspecified atom stereocenters. The van der Waals surface area contributed by atoms with Crippen molar-refractivity contribution in [2.24, 2.45) is 5.10 Å². The van der Waals surface area contributed by atoms with E-state index in [9.17, 15) is 14.9 Å². The van der Waals surface area contributed by atoms with Crippen LogP contribution in [0.5, 0.6) is 5.75 Å². The van der Waals surface area contributed by atoms with Crippen LogP contribution in [0.15, 0.2) is 59.7 Å². The zero-order chi connectivity index (χ0) is 16.7. The third-order valence-corrected chi connectivity index (χ3v) is 2.96. The lowest BCUT2D eigenvalue weighted by Gasteiger charge is -2.05. The zero-order valence-electron chi connectivity index (χ0n) is 12.4. The highest BCUT2D eigenvalue weighted by Crippen LogP contribution is 2.17. The van der Waals surface area contributed by atoms with Crippen molar-refractivity contribution in [1.82, 2.24) is 5.43 Å². The first-order chi connectivity index (χ1) is 11.1. The van der Waals surface area contributed by atoms with Gasteiger partial charge in [0.1, 0.15) is 5.75 Å². The van der Waals surface area contributed by atoms with E-state index in [-0.39, 0.29) is 12.3 Å². The summed E-state index contributed by atoms with van der Waals surface area (Å²) < 4.78 is 5.24. The van der Waals surface area contributed by atoms with Crippen LogP contribution in [0, 0.1) is 10.1 Å². The molecule has 0 fully saturated rings. The van der Waals surface area contributed by atoms with Gasteiger partial charge in [-0.25, -0.2) is 5.43 Å². The van der Waals surface area contributed by atoms with Gasteiger partial charge in [0.05, 0.1) is 10.6 Å². The summed E-state index contributed by atoms with van der Waals surface area (Å²) >= 11 is 0. The number of nitro benzene ring substituents is 1. The second-order valence-corrected chi connectivity index (χ2v) is 4.64. The smallest absolute Gasteiger partial charge is 0.277 e. The van der Waals surface area contributed by atoms with Crippen LogP contribution in [0.1, 0.15) is 12.5 Å². The molecule has 118 valence electrons. The summed E-state index contributed by atoms with van der Waals surface area (Å²) in [4.78, 5) is 21.7. The molecule has 0 atom stereocenters. The van der Waals surface area contributed by atoms with E-state index in [1.54, 1.807) is 6.92 Å². The van der Waals surface area contributed by atoms with Crippen molar-refractivity contribution in [3.05, 3.63) is 70.3 Å². The molecule has 0 radical (unpaired) electrons. The third-order valence-electron chi connectivity index (χ3n) is 2.96. The molecule has 0 spiro atoms. The number of hydrogen-bond donors (Lipinski definition) is 1. The van der Waals surface area contributed by atoms with E-state index in [1.807, 2.05) is 30.3 Å². The van der Waals surface area contributed by atoms with E-state index in [4.69, 9.17) is 4.74 Å². The van der Waals surface area contributed by atoms with Gasteiger partial charge in [0.25, 0.3) is 11.6 Å². The zero-order valence-corrected chi connectivity index (χ0v) is 12.4. The number of nitrogens with zero attached hydrogens (tertiary/aromatic N) is 2. The van der Waals surface area contributed by atoms with Crippen LogP contribution in [-0.2, 0) is 4.79 Å². The van der Waals surface area contributed by atoms with E-state index in [1.165, 1.54) is 24.3 Å². The molecule has 7 heteroatoms. The Morgan fingerprint density at radius 2 is 1.83 bits per heavy atom. The molecule has 2 rings (SSSR count). The van der Waals surface area contributed by atoms with Crippen LogP contribution in [0.2, 0.25) is 0 Å². The van der Waals surface area contributed by atoms with Crippen LogP contribution in [0.25, 0.3) is 0 Å². The van der Waals surface area contributed by atoms with Crippen LogP contribution in [-0.4, -0.2) is 23.1 Å². The highest BCUT2D eigenvalue weighted by atomic mass is 16.6. The molecule has 1 amide bonds. The maximum absolute atomic E-state index is 11.7. The predicted molar refractivity (Wildman–Crippen MR) is 85.4 cm³/mol. The second-order valence-electron chi connectivity index (χ2n) is 4.64. The molecule has 23 heavy (non-hydrogen) atoms. The van der Waals surface area contributed by atoms with Gasteiger partial charge in [-0.2, -0.15) is 5.10 Å². The van der Waals surface area contributed by atoms with Gasteiger partial charge in [-0.3, -0.25) is 14.9 Å².